The molecule has 0 aliphatic heterocycles. The molecule has 1 aromatic heterocycles. The minimum atomic E-state index is -0.705. The number of nitrogens with one attached hydrogen (secondary N) is 2. The monoisotopic (exact) mass is 428 g/mol. The van der Waals surface area contributed by atoms with Gasteiger partial charge in [0.15, 0.2) is 0 Å². The molecule has 3 rings (SSSR count). The standard InChI is InChI=1S/C22H25ClN4O3/c1-13(2)11-17(25-20(28)14-5-7-15(23)8-6-14)21(29)24-16-9-10-18-19(12-16)27(4)22(30)26(18)3/h5-10,12-13,17H,11H2,1-4H3,(H,24,29)(H,25,28). The van der Waals surface area contributed by atoms with Crippen LogP contribution in [0, 0.1) is 5.92 Å². The van der Waals surface area contributed by atoms with E-state index in [1.807, 2.05) is 13.8 Å². The molecule has 0 fully saturated rings. The summed E-state index contributed by atoms with van der Waals surface area (Å²) < 4.78 is 3.08. The van der Waals surface area contributed by atoms with E-state index in [4.69, 9.17) is 11.6 Å². The quantitative estimate of drug-likeness (QED) is 0.631. The molecule has 0 aliphatic rings. The Balaban J connectivity index is 1.80. The van der Waals surface area contributed by atoms with Crippen LogP contribution in [0.5, 0.6) is 0 Å². The maximum atomic E-state index is 12.9. The third kappa shape index (κ3) is 4.57. The van der Waals surface area contributed by atoms with Crippen molar-refractivity contribution in [2.75, 3.05) is 5.32 Å². The second kappa shape index (κ2) is 8.75. The van der Waals surface area contributed by atoms with Crippen molar-refractivity contribution in [2.24, 2.45) is 20.0 Å². The molecule has 1 unspecified atom stereocenters. The summed E-state index contributed by atoms with van der Waals surface area (Å²) >= 11 is 5.88. The fourth-order valence-electron chi connectivity index (χ4n) is 3.36. The van der Waals surface area contributed by atoms with E-state index in [0.717, 1.165) is 5.52 Å². The van der Waals surface area contributed by atoms with Crippen molar-refractivity contribution < 1.29 is 9.59 Å². The van der Waals surface area contributed by atoms with Crippen molar-refractivity contribution in [3.8, 4) is 0 Å². The lowest BCUT2D eigenvalue weighted by Crippen LogP contribution is -2.44. The van der Waals surface area contributed by atoms with Gasteiger partial charge in [0, 0.05) is 30.4 Å². The molecular weight excluding hydrogens is 404 g/mol. The summed E-state index contributed by atoms with van der Waals surface area (Å²) in [5.74, 6) is -0.455. The number of amides is 2. The number of nitrogens with zero attached hydrogens (tertiary/aromatic N) is 2. The zero-order chi connectivity index (χ0) is 22.0. The predicted molar refractivity (Wildman–Crippen MR) is 119 cm³/mol. The number of aryl methyl sites for hydroxylation is 2. The third-order valence-electron chi connectivity index (χ3n) is 4.97. The van der Waals surface area contributed by atoms with E-state index in [1.165, 1.54) is 4.57 Å². The second-order valence-electron chi connectivity index (χ2n) is 7.76. The first-order valence-electron chi connectivity index (χ1n) is 9.70. The number of halogens is 1. The van der Waals surface area contributed by atoms with Crippen LogP contribution in [0.1, 0.15) is 30.6 Å². The van der Waals surface area contributed by atoms with Gasteiger partial charge in [-0.15, -0.1) is 0 Å². The molecule has 30 heavy (non-hydrogen) atoms. The highest BCUT2D eigenvalue weighted by molar-refractivity contribution is 6.30. The van der Waals surface area contributed by atoms with Crippen LogP contribution in [0.25, 0.3) is 11.0 Å². The van der Waals surface area contributed by atoms with Gasteiger partial charge in [-0.2, -0.15) is 0 Å². The van der Waals surface area contributed by atoms with Crippen LogP contribution in [0.4, 0.5) is 5.69 Å². The normalized spacial score (nSPS) is 12.2. The van der Waals surface area contributed by atoms with E-state index >= 15 is 0 Å². The summed E-state index contributed by atoms with van der Waals surface area (Å²) in [5, 5.41) is 6.21. The Morgan fingerprint density at radius 3 is 2.27 bits per heavy atom. The molecule has 8 heteroatoms. The largest absolute Gasteiger partial charge is 0.340 e. The van der Waals surface area contributed by atoms with Gasteiger partial charge < -0.3 is 10.6 Å². The summed E-state index contributed by atoms with van der Waals surface area (Å²) in [7, 11) is 3.39. The second-order valence-corrected chi connectivity index (χ2v) is 8.19. The number of aromatic nitrogens is 2. The Bertz CT molecular complexity index is 1150. The van der Waals surface area contributed by atoms with Crippen LogP contribution >= 0.6 is 11.6 Å². The molecule has 3 aromatic rings. The van der Waals surface area contributed by atoms with E-state index in [9.17, 15) is 14.4 Å². The van der Waals surface area contributed by atoms with Gasteiger partial charge in [-0.1, -0.05) is 25.4 Å². The van der Waals surface area contributed by atoms with Crippen molar-refractivity contribution in [1.29, 1.82) is 0 Å². The van der Waals surface area contributed by atoms with Crippen LogP contribution < -0.4 is 16.3 Å². The number of anilines is 1. The number of rotatable bonds is 6. The van der Waals surface area contributed by atoms with E-state index in [-0.39, 0.29) is 23.4 Å². The van der Waals surface area contributed by atoms with E-state index in [1.54, 1.807) is 61.1 Å². The third-order valence-corrected chi connectivity index (χ3v) is 5.23. The molecule has 1 heterocycles. The van der Waals surface area contributed by atoms with E-state index in [0.29, 0.717) is 28.2 Å². The zero-order valence-electron chi connectivity index (χ0n) is 17.4. The minimum absolute atomic E-state index is 0.138. The molecule has 2 amide bonds. The smallest absolute Gasteiger partial charge is 0.328 e. The Hall–Kier alpha value is -3.06. The van der Waals surface area contributed by atoms with Crippen molar-refractivity contribution >= 4 is 40.1 Å². The highest BCUT2D eigenvalue weighted by Crippen LogP contribution is 2.19. The SMILES string of the molecule is CC(C)CC(NC(=O)c1ccc(Cl)cc1)C(=O)Nc1ccc2c(c1)n(C)c(=O)n2C. The first kappa shape index (κ1) is 21.6. The minimum Gasteiger partial charge on any atom is -0.340 e. The van der Waals surface area contributed by atoms with Gasteiger partial charge in [-0.25, -0.2) is 4.79 Å². The Kier molecular flexibility index (Phi) is 6.31. The number of hydrogen-bond acceptors (Lipinski definition) is 3. The fourth-order valence-corrected chi connectivity index (χ4v) is 3.49. The van der Waals surface area contributed by atoms with Gasteiger partial charge in [-0.05, 0) is 54.8 Å². The lowest BCUT2D eigenvalue weighted by molar-refractivity contribution is -0.118. The summed E-state index contributed by atoms with van der Waals surface area (Å²) in [6.45, 7) is 3.97. The maximum absolute atomic E-state index is 12.9. The highest BCUT2D eigenvalue weighted by atomic mass is 35.5. The zero-order valence-corrected chi connectivity index (χ0v) is 18.2. The summed E-state index contributed by atoms with van der Waals surface area (Å²) in [6, 6.07) is 11.1. The molecule has 0 saturated heterocycles. The average molecular weight is 429 g/mol. The number of hydrogen-bond donors (Lipinski definition) is 2. The molecule has 1 atom stereocenters. The van der Waals surface area contributed by atoms with Gasteiger partial charge in [-0.3, -0.25) is 18.7 Å². The molecule has 0 saturated carbocycles. The highest BCUT2D eigenvalue weighted by Gasteiger charge is 2.23. The molecule has 2 aromatic carbocycles. The van der Waals surface area contributed by atoms with Crippen LogP contribution in [-0.4, -0.2) is 27.0 Å². The molecule has 0 radical (unpaired) electrons. The number of fused-ring (bicyclic) bond motifs is 1. The molecule has 0 spiro atoms. The van der Waals surface area contributed by atoms with Crippen LogP contribution in [0.2, 0.25) is 5.02 Å². The van der Waals surface area contributed by atoms with E-state index in [2.05, 4.69) is 10.6 Å². The van der Waals surface area contributed by atoms with Crippen molar-refractivity contribution in [3.05, 3.63) is 63.5 Å². The van der Waals surface area contributed by atoms with Crippen molar-refractivity contribution in [2.45, 2.75) is 26.3 Å². The van der Waals surface area contributed by atoms with Gasteiger partial charge in [0.2, 0.25) is 5.91 Å². The Morgan fingerprint density at radius 1 is 1.00 bits per heavy atom. The Morgan fingerprint density at radius 2 is 1.63 bits per heavy atom. The average Bonchev–Trinajstić information content (AvgIpc) is 2.91. The predicted octanol–water partition coefficient (Wildman–Crippen LogP) is 3.31. The molecule has 0 aliphatic carbocycles. The molecule has 158 valence electrons. The summed E-state index contributed by atoms with van der Waals surface area (Å²) in [4.78, 5) is 37.6. The molecule has 2 N–H and O–H groups in total. The van der Waals surface area contributed by atoms with Crippen LogP contribution in [0.3, 0.4) is 0 Å². The van der Waals surface area contributed by atoms with E-state index < -0.39 is 6.04 Å². The number of carbonyl (C=O) groups is 2. The summed E-state index contributed by atoms with van der Waals surface area (Å²) in [6.07, 6.45) is 0.483. The van der Waals surface area contributed by atoms with Gasteiger partial charge in [0.1, 0.15) is 6.04 Å². The summed E-state index contributed by atoms with van der Waals surface area (Å²) in [5.41, 5.74) is 2.34. The molecular formula is C22H25ClN4O3. The number of benzene rings is 2. The molecule has 0 bridgehead atoms. The van der Waals surface area contributed by atoms with Crippen LogP contribution in [0.15, 0.2) is 47.3 Å². The van der Waals surface area contributed by atoms with Gasteiger partial charge >= 0.3 is 5.69 Å². The lowest BCUT2D eigenvalue weighted by Gasteiger charge is -2.20. The van der Waals surface area contributed by atoms with Crippen molar-refractivity contribution in [3.63, 3.8) is 0 Å². The van der Waals surface area contributed by atoms with Gasteiger partial charge in [0.25, 0.3) is 5.91 Å². The van der Waals surface area contributed by atoms with Gasteiger partial charge in [0.05, 0.1) is 11.0 Å². The Labute approximate surface area is 179 Å². The van der Waals surface area contributed by atoms with Crippen LogP contribution in [-0.2, 0) is 18.9 Å². The topological polar surface area (TPSA) is 85.1 Å². The van der Waals surface area contributed by atoms with Crippen molar-refractivity contribution in [1.82, 2.24) is 14.5 Å². The first-order valence-corrected chi connectivity index (χ1v) is 10.1. The maximum Gasteiger partial charge on any atom is 0.328 e. The molecule has 7 nitrogen and oxygen atoms in total. The fraction of sp³-hybridized carbons (Fsp3) is 0.318. The lowest BCUT2D eigenvalue weighted by atomic mass is 10.0. The number of imidazole rings is 1. The first-order chi connectivity index (χ1) is 14.2. The number of carbonyl (C=O) groups excluding carboxylic acids is 2.